The summed E-state index contributed by atoms with van der Waals surface area (Å²) in [5.74, 6) is 1.07. The number of anilines is 2. The van der Waals surface area contributed by atoms with E-state index in [0.717, 1.165) is 37.2 Å². The van der Waals surface area contributed by atoms with E-state index in [2.05, 4.69) is 20.2 Å². The van der Waals surface area contributed by atoms with Gasteiger partial charge in [0.25, 0.3) is 0 Å². The zero-order valence-electron chi connectivity index (χ0n) is 13.3. The standard InChI is InChI=1S/C17H20ClFN4O/c18-14-7-12(4-5-15(14)19)9-20-16-8-17(22-11-21-16)23-6-2-1-3-13(23)10-24/h4-5,7-8,11,13,24H,1-3,6,9-10H2,(H,20,21,22). The molecule has 0 saturated carbocycles. The van der Waals surface area contributed by atoms with Gasteiger partial charge in [-0.1, -0.05) is 17.7 Å². The smallest absolute Gasteiger partial charge is 0.141 e. The van der Waals surface area contributed by atoms with Gasteiger partial charge in [0.15, 0.2) is 0 Å². The van der Waals surface area contributed by atoms with Crippen LogP contribution in [0.15, 0.2) is 30.6 Å². The molecule has 128 valence electrons. The van der Waals surface area contributed by atoms with E-state index in [4.69, 9.17) is 11.6 Å². The van der Waals surface area contributed by atoms with Gasteiger partial charge in [-0.3, -0.25) is 0 Å². The second kappa shape index (κ2) is 7.77. The van der Waals surface area contributed by atoms with Crippen LogP contribution < -0.4 is 10.2 Å². The first-order chi connectivity index (χ1) is 11.7. The highest BCUT2D eigenvalue weighted by Crippen LogP contribution is 2.24. The Labute approximate surface area is 145 Å². The van der Waals surface area contributed by atoms with Crippen LogP contribution in [0.4, 0.5) is 16.0 Å². The van der Waals surface area contributed by atoms with Gasteiger partial charge in [-0.05, 0) is 37.0 Å². The Balaban J connectivity index is 1.69. The molecule has 2 aromatic rings. The third kappa shape index (κ3) is 3.94. The number of hydrogen-bond acceptors (Lipinski definition) is 5. The van der Waals surface area contributed by atoms with E-state index in [-0.39, 0.29) is 17.7 Å². The third-order valence-electron chi connectivity index (χ3n) is 4.24. The van der Waals surface area contributed by atoms with Crippen LogP contribution in [0.3, 0.4) is 0 Å². The molecule has 1 unspecified atom stereocenters. The maximum atomic E-state index is 13.2. The number of piperidine rings is 1. The summed E-state index contributed by atoms with van der Waals surface area (Å²) in [7, 11) is 0. The van der Waals surface area contributed by atoms with Crippen molar-refractivity contribution in [1.29, 1.82) is 0 Å². The summed E-state index contributed by atoms with van der Waals surface area (Å²) < 4.78 is 13.2. The number of aliphatic hydroxyl groups excluding tert-OH is 1. The minimum Gasteiger partial charge on any atom is -0.394 e. The van der Waals surface area contributed by atoms with Crippen LogP contribution >= 0.6 is 11.6 Å². The van der Waals surface area contributed by atoms with E-state index < -0.39 is 5.82 Å². The average molecular weight is 351 g/mol. The molecule has 1 aromatic heterocycles. The summed E-state index contributed by atoms with van der Waals surface area (Å²) >= 11 is 5.80. The second-order valence-electron chi connectivity index (χ2n) is 5.89. The molecule has 1 fully saturated rings. The Morgan fingerprint density at radius 2 is 2.17 bits per heavy atom. The van der Waals surface area contributed by atoms with Gasteiger partial charge in [-0.15, -0.1) is 0 Å². The zero-order chi connectivity index (χ0) is 16.9. The van der Waals surface area contributed by atoms with E-state index in [0.29, 0.717) is 12.4 Å². The van der Waals surface area contributed by atoms with Crippen molar-refractivity contribution >= 4 is 23.2 Å². The highest BCUT2D eigenvalue weighted by molar-refractivity contribution is 6.30. The molecule has 2 N–H and O–H groups in total. The molecule has 7 heteroatoms. The Morgan fingerprint density at radius 3 is 2.96 bits per heavy atom. The van der Waals surface area contributed by atoms with Crippen LogP contribution in [0.25, 0.3) is 0 Å². The number of nitrogens with one attached hydrogen (secondary N) is 1. The maximum absolute atomic E-state index is 13.2. The number of nitrogens with zero attached hydrogens (tertiary/aromatic N) is 3. The number of aromatic nitrogens is 2. The predicted molar refractivity (Wildman–Crippen MR) is 92.8 cm³/mol. The van der Waals surface area contributed by atoms with Gasteiger partial charge in [0.2, 0.25) is 0 Å². The third-order valence-corrected chi connectivity index (χ3v) is 4.53. The molecule has 1 atom stereocenters. The van der Waals surface area contributed by atoms with Gasteiger partial charge in [0.1, 0.15) is 23.8 Å². The maximum Gasteiger partial charge on any atom is 0.141 e. The van der Waals surface area contributed by atoms with E-state index >= 15 is 0 Å². The highest BCUT2D eigenvalue weighted by atomic mass is 35.5. The Hall–Kier alpha value is -1.92. The molecule has 0 amide bonds. The summed E-state index contributed by atoms with van der Waals surface area (Å²) in [6.45, 7) is 1.50. The van der Waals surface area contributed by atoms with Gasteiger partial charge >= 0.3 is 0 Å². The van der Waals surface area contributed by atoms with Gasteiger partial charge in [0, 0.05) is 19.2 Å². The largest absolute Gasteiger partial charge is 0.394 e. The van der Waals surface area contributed by atoms with Gasteiger partial charge in [0.05, 0.1) is 17.7 Å². The molecule has 0 spiro atoms. The molecule has 1 saturated heterocycles. The van der Waals surface area contributed by atoms with Gasteiger partial charge < -0.3 is 15.3 Å². The lowest BCUT2D eigenvalue weighted by atomic mass is 10.0. The molecule has 1 aliphatic heterocycles. The number of aliphatic hydroxyl groups is 1. The predicted octanol–water partition coefficient (Wildman–Crippen LogP) is 3.23. The van der Waals surface area contributed by atoms with E-state index in [9.17, 15) is 9.50 Å². The lowest BCUT2D eigenvalue weighted by molar-refractivity contribution is 0.239. The fourth-order valence-electron chi connectivity index (χ4n) is 2.93. The zero-order valence-corrected chi connectivity index (χ0v) is 14.0. The highest BCUT2D eigenvalue weighted by Gasteiger charge is 2.23. The Bertz CT molecular complexity index is 700. The number of rotatable bonds is 5. The van der Waals surface area contributed by atoms with Crippen molar-refractivity contribution in [3.05, 3.63) is 47.0 Å². The first-order valence-electron chi connectivity index (χ1n) is 8.04. The molecule has 1 aromatic carbocycles. The molecule has 2 heterocycles. The summed E-state index contributed by atoms with van der Waals surface area (Å²) in [6, 6.07) is 6.61. The monoisotopic (exact) mass is 350 g/mol. The molecule has 5 nitrogen and oxygen atoms in total. The molecule has 0 radical (unpaired) electrons. The van der Waals surface area contributed by atoms with E-state index in [1.165, 1.54) is 12.4 Å². The first-order valence-corrected chi connectivity index (χ1v) is 8.42. The second-order valence-corrected chi connectivity index (χ2v) is 6.30. The lowest BCUT2D eigenvalue weighted by Gasteiger charge is -2.35. The normalized spacial score (nSPS) is 17.8. The van der Waals surface area contributed by atoms with E-state index in [1.54, 1.807) is 12.1 Å². The fraction of sp³-hybridized carbons (Fsp3) is 0.412. The average Bonchev–Trinajstić information content (AvgIpc) is 2.63. The molecule has 1 aliphatic rings. The Morgan fingerprint density at radius 1 is 1.29 bits per heavy atom. The van der Waals surface area contributed by atoms with Crippen molar-refractivity contribution in [2.75, 3.05) is 23.4 Å². The minimum atomic E-state index is -0.426. The van der Waals surface area contributed by atoms with Crippen molar-refractivity contribution in [3.8, 4) is 0 Å². The molecule has 24 heavy (non-hydrogen) atoms. The minimum absolute atomic E-state index is 0.108. The van der Waals surface area contributed by atoms with Gasteiger partial charge in [-0.2, -0.15) is 0 Å². The summed E-state index contributed by atoms with van der Waals surface area (Å²) in [4.78, 5) is 10.7. The van der Waals surface area contributed by atoms with Crippen molar-refractivity contribution in [2.24, 2.45) is 0 Å². The Kier molecular flexibility index (Phi) is 5.48. The molecular weight excluding hydrogens is 331 g/mol. The van der Waals surface area contributed by atoms with Crippen molar-refractivity contribution in [1.82, 2.24) is 9.97 Å². The molecular formula is C17H20ClFN4O. The van der Waals surface area contributed by atoms with Crippen molar-refractivity contribution < 1.29 is 9.50 Å². The van der Waals surface area contributed by atoms with Crippen LogP contribution in [0, 0.1) is 5.82 Å². The van der Waals surface area contributed by atoms with E-state index in [1.807, 2.05) is 6.07 Å². The van der Waals surface area contributed by atoms with Crippen molar-refractivity contribution in [2.45, 2.75) is 31.8 Å². The lowest BCUT2D eigenvalue weighted by Crippen LogP contribution is -2.42. The topological polar surface area (TPSA) is 61.3 Å². The van der Waals surface area contributed by atoms with Crippen molar-refractivity contribution in [3.63, 3.8) is 0 Å². The summed E-state index contributed by atoms with van der Waals surface area (Å²) in [5, 5.41) is 12.9. The number of benzene rings is 1. The number of halogens is 2. The van der Waals surface area contributed by atoms with Crippen LogP contribution in [-0.2, 0) is 6.54 Å². The van der Waals surface area contributed by atoms with Gasteiger partial charge in [-0.25, -0.2) is 14.4 Å². The summed E-state index contributed by atoms with van der Waals surface area (Å²) in [5.41, 5.74) is 0.868. The van der Waals surface area contributed by atoms with Crippen LogP contribution in [0.1, 0.15) is 24.8 Å². The summed E-state index contributed by atoms with van der Waals surface area (Å²) in [6.07, 6.45) is 4.70. The molecule has 0 aliphatic carbocycles. The van der Waals surface area contributed by atoms with Crippen LogP contribution in [0.2, 0.25) is 5.02 Å². The molecule has 0 bridgehead atoms. The van der Waals surface area contributed by atoms with Crippen LogP contribution in [-0.4, -0.2) is 34.3 Å². The number of hydrogen-bond donors (Lipinski definition) is 2. The molecule has 3 rings (SSSR count). The van der Waals surface area contributed by atoms with Crippen LogP contribution in [0.5, 0.6) is 0 Å². The quantitative estimate of drug-likeness (QED) is 0.867. The first kappa shape index (κ1) is 16.9. The SMILES string of the molecule is OCC1CCCCN1c1cc(NCc2ccc(F)c(Cl)c2)ncn1. The fourth-order valence-corrected chi connectivity index (χ4v) is 3.14.